The first-order chi connectivity index (χ1) is 8.96. The summed E-state index contributed by atoms with van der Waals surface area (Å²) in [6, 6.07) is 1.95. The highest BCUT2D eigenvalue weighted by Gasteiger charge is 2.28. The van der Waals surface area contributed by atoms with E-state index in [0.717, 1.165) is 11.4 Å². The van der Waals surface area contributed by atoms with E-state index in [1.54, 1.807) is 4.68 Å². The van der Waals surface area contributed by atoms with Gasteiger partial charge >= 0.3 is 0 Å². The minimum absolute atomic E-state index is 0.197. The van der Waals surface area contributed by atoms with E-state index in [4.69, 9.17) is 0 Å². The second-order valence-corrected chi connectivity index (χ2v) is 4.90. The van der Waals surface area contributed by atoms with Gasteiger partial charge in [0.2, 0.25) is 5.91 Å². The Kier molecular flexibility index (Phi) is 5.50. The van der Waals surface area contributed by atoms with Gasteiger partial charge in [-0.2, -0.15) is 5.10 Å². The Balaban J connectivity index is 2.54. The van der Waals surface area contributed by atoms with E-state index in [1.165, 1.54) is 0 Å². The number of hydrogen-bond acceptors (Lipinski definition) is 4. The lowest BCUT2D eigenvalue weighted by Gasteiger charge is -2.29. The van der Waals surface area contributed by atoms with Crippen molar-refractivity contribution in [3.05, 3.63) is 17.5 Å². The third-order valence-corrected chi connectivity index (χ3v) is 3.34. The molecule has 0 aliphatic heterocycles. The Morgan fingerprint density at radius 2 is 2.05 bits per heavy atom. The minimum atomic E-state index is -0.924. The van der Waals surface area contributed by atoms with Gasteiger partial charge in [0.05, 0.1) is 24.4 Å². The SMILES string of the molecule is CCC(CO)(CO)NC(=O)CCn1nc(C)cc1C. The number of amides is 1. The molecule has 1 heterocycles. The van der Waals surface area contributed by atoms with Crippen molar-refractivity contribution in [3.8, 4) is 0 Å². The second kappa shape index (κ2) is 6.68. The van der Waals surface area contributed by atoms with E-state index in [9.17, 15) is 15.0 Å². The van der Waals surface area contributed by atoms with Crippen molar-refractivity contribution < 1.29 is 15.0 Å². The summed E-state index contributed by atoms with van der Waals surface area (Å²) in [5, 5.41) is 25.5. The normalized spacial score (nSPS) is 11.6. The van der Waals surface area contributed by atoms with Crippen LogP contribution in [-0.4, -0.2) is 44.7 Å². The third-order valence-electron chi connectivity index (χ3n) is 3.34. The predicted octanol–water partition coefficient (Wildman–Crippen LogP) is 0.140. The molecule has 0 saturated heterocycles. The van der Waals surface area contributed by atoms with Gasteiger partial charge < -0.3 is 15.5 Å². The first-order valence-electron chi connectivity index (χ1n) is 6.50. The maximum Gasteiger partial charge on any atom is 0.222 e. The summed E-state index contributed by atoms with van der Waals surface area (Å²) < 4.78 is 1.78. The van der Waals surface area contributed by atoms with Gasteiger partial charge in [0, 0.05) is 18.7 Å². The van der Waals surface area contributed by atoms with E-state index >= 15 is 0 Å². The van der Waals surface area contributed by atoms with Gasteiger partial charge in [0.1, 0.15) is 0 Å². The van der Waals surface area contributed by atoms with Crippen LogP contribution < -0.4 is 5.32 Å². The van der Waals surface area contributed by atoms with Gasteiger partial charge in [0.25, 0.3) is 0 Å². The number of carbonyl (C=O) groups is 1. The van der Waals surface area contributed by atoms with Gasteiger partial charge in [-0.05, 0) is 26.3 Å². The number of aromatic nitrogens is 2. The first-order valence-corrected chi connectivity index (χ1v) is 6.50. The van der Waals surface area contributed by atoms with Crippen LogP contribution >= 0.6 is 0 Å². The Labute approximate surface area is 113 Å². The van der Waals surface area contributed by atoms with Crippen LogP contribution in [-0.2, 0) is 11.3 Å². The molecule has 1 amide bonds. The molecule has 0 spiro atoms. The molecule has 0 unspecified atom stereocenters. The Morgan fingerprint density at radius 1 is 1.42 bits per heavy atom. The van der Waals surface area contributed by atoms with Crippen molar-refractivity contribution in [1.29, 1.82) is 0 Å². The van der Waals surface area contributed by atoms with Crippen molar-refractivity contribution in [3.63, 3.8) is 0 Å². The molecule has 1 aromatic rings. The van der Waals surface area contributed by atoms with Gasteiger partial charge in [0.15, 0.2) is 0 Å². The van der Waals surface area contributed by atoms with Crippen LogP contribution in [0.4, 0.5) is 0 Å². The fourth-order valence-corrected chi connectivity index (χ4v) is 1.91. The van der Waals surface area contributed by atoms with Crippen molar-refractivity contribution in [2.75, 3.05) is 13.2 Å². The molecular formula is C13H23N3O3. The minimum Gasteiger partial charge on any atom is -0.394 e. The maximum atomic E-state index is 11.9. The zero-order valence-corrected chi connectivity index (χ0v) is 11.8. The van der Waals surface area contributed by atoms with E-state index in [2.05, 4.69) is 10.4 Å². The number of hydrogen-bond donors (Lipinski definition) is 3. The lowest BCUT2D eigenvalue weighted by atomic mass is 9.98. The van der Waals surface area contributed by atoms with Crippen LogP contribution in [0.2, 0.25) is 0 Å². The first kappa shape index (κ1) is 15.7. The number of aryl methyl sites for hydroxylation is 3. The number of nitrogens with one attached hydrogen (secondary N) is 1. The van der Waals surface area contributed by atoms with Crippen molar-refractivity contribution >= 4 is 5.91 Å². The molecule has 0 atom stereocenters. The summed E-state index contributed by atoms with van der Waals surface area (Å²) in [4.78, 5) is 11.9. The van der Waals surface area contributed by atoms with Crippen LogP contribution in [0.15, 0.2) is 6.07 Å². The van der Waals surface area contributed by atoms with Crippen LogP contribution in [0.25, 0.3) is 0 Å². The fraction of sp³-hybridized carbons (Fsp3) is 0.692. The highest BCUT2D eigenvalue weighted by atomic mass is 16.3. The molecule has 0 fully saturated rings. The highest BCUT2D eigenvalue weighted by Crippen LogP contribution is 2.09. The molecule has 0 aliphatic rings. The largest absolute Gasteiger partial charge is 0.394 e. The summed E-state index contributed by atoms with van der Waals surface area (Å²) in [7, 11) is 0. The van der Waals surface area contributed by atoms with E-state index in [1.807, 2.05) is 26.8 Å². The summed E-state index contributed by atoms with van der Waals surface area (Å²) in [5.74, 6) is -0.197. The smallest absolute Gasteiger partial charge is 0.222 e. The summed E-state index contributed by atoms with van der Waals surface area (Å²) in [6.07, 6.45) is 0.745. The Bertz CT molecular complexity index is 417. The van der Waals surface area contributed by atoms with E-state index < -0.39 is 5.54 Å². The Hall–Kier alpha value is -1.40. The predicted molar refractivity (Wildman–Crippen MR) is 71.7 cm³/mol. The molecule has 0 radical (unpaired) electrons. The third kappa shape index (κ3) is 4.04. The molecule has 19 heavy (non-hydrogen) atoms. The summed E-state index contributed by atoms with van der Waals surface area (Å²) in [5.41, 5.74) is 1.01. The van der Waals surface area contributed by atoms with Gasteiger partial charge in [-0.25, -0.2) is 0 Å². The zero-order chi connectivity index (χ0) is 14.5. The molecule has 0 aliphatic carbocycles. The molecule has 3 N–H and O–H groups in total. The number of rotatable bonds is 7. The van der Waals surface area contributed by atoms with E-state index in [0.29, 0.717) is 13.0 Å². The van der Waals surface area contributed by atoms with Crippen LogP contribution in [0.3, 0.4) is 0 Å². The molecule has 0 bridgehead atoms. The molecule has 6 heteroatoms. The molecule has 1 aromatic heterocycles. The second-order valence-electron chi connectivity index (χ2n) is 4.90. The topological polar surface area (TPSA) is 87.4 Å². The monoisotopic (exact) mass is 269 g/mol. The van der Waals surface area contributed by atoms with Gasteiger partial charge in [-0.3, -0.25) is 9.48 Å². The summed E-state index contributed by atoms with van der Waals surface area (Å²) in [6.45, 7) is 5.60. The quantitative estimate of drug-likeness (QED) is 0.657. The summed E-state index contributed by atoms with van der Waals surface area (Å²) >= 11 is 0. The molecule has 0 saturated carbocycles. The lowest BCUT2D eigenvalue weighted by molar-refractivity contribution is -0.124. The number of aliphatic hydroxyl groups is 2. The fourth-order valence-electron chi connectivity index (χ4n) is 1.91. The highest BCUT2D eigenvalue weighted by molar-refractivity contribution is 5.76. The van der Waals surface area contributed by atoms with E-state index in [-0.39, 0.29) is 25.5 Å². The average Bonchev–Trinajstić information content (AvgIpc) is 2.72. The molecule has 0 aromatic carbocycles. The van der Waals surface area contributed by atoms with Crippen LogP contribution in [0.1, 0.15) is 31.2 Å². The molecule has 1 rings (SSSR count). The molecule has 108 valence electrons. The average molecular weight is 269 g/mol. The zero-order valence-electron chi connectivity index (χ0n) is 11.8. The molecular weight excluding hydrogens is 246 g/mol. The number of carbonyl (C=O) groups excluding carboxylic acids is 1. The van der Waals surface area contributed by atoms with Crippen molar-refractivity contribution in [2.24, 2.45) is 0 Å². The lowest BCUT2D eigenvalue weighted by Crippen LogP contribution is -2.53. The standard InChI is InChI=1S/C13H23N3O3/c1-4-13(8-17,9-18)14-12(19)5-6-16-11(3)7-10(2)15-16/h7,17-18H,4-6,8-9H2,1-3H3,(H,14,19). The maximum absolute atomic E-state index is 11.9. The van der Waals surface area contributed by atoms with Crippen LogP contribution in [0.5, 0.6) is 0 Å². The molecule has 6 nitrogen and oxygen atoms in total. The van der Waals surface area contributed by atoms with Crippen LogP contribution in [0, 0.1) is 13.8 Å². The Morgan fingerprint density at radius 3 is 2.47 bits per heavy atom. The number of nitrogens with zero attached hydrogens (tertiary/aromatic N) is 2. The van der Waals surface area contributed by atoms with Gasteiger partial charge in [-0.15, -0.1) is 0 Å². The number of aliphatic hydroxyl groups excluding tert-OH is 2. The van der Waals surface area contributed by atoms with Gasteiger partial charge in [-0.1, -0.05) is 6.92 Å². The van der Waals surface area contributed by atoms with Crippen molar-refractivity contribution in [1.82, 2.24) is 15.1 Å². The van der Waals surface area contributed by atoms with Crippen molar-refractivity contribution in [2.45, 2.75) is 45.7 Å².